The lowest BCUT2D eigenvalue weighted by Crippen LogP contribution is -2.15. The molecule has 25 heavy (non-hydrogen) atoms. The number of carbonyl (C=O) groups is 2. The van der Waals surface area contributed by atoms with Crippen LogP contribution in [0.15, 0.2) is 53.5 Å². The molecular formula is C18H17N3O2S2. The minimum absolute atomic E-state index is 0.0839. The van der Waals surface area contributed by atoms with Gasteiger partial charge in [0.1, 0.15) is 4.38 Å². The smallest absolute Gasteiger partial charge is 0.234 e. The lowest BCUT2D eigenvalue weighted by molar-refractivity contribution is -0.114. The van der Waals surface area contributed by atoms with Gasteiger partial charge in [-0.15, -0.1) is 0 Å². The van der Waals surface area contributed by atoms with E-state index in [2.05, 4.69) is 21.7 Å². The molecule has 0 radical (unpaired) electrons. The van der Waals surface area contributed by atoms with Gasteiger partial charge in [-0.1, -0.05) is 41.7 Å². The summed E-state index contributed by atoms with van der Waals surface area (Å²) in [6, 6.07) is 15.1. The van der Waals surface area contributed by atoms with Crippen LogP contribution in [0.2, 0.25) is 0 Å². The normalized spacial score (nSPS) is 12.8. The lowest BCUT2D eigenvalue weighted by atomic mass is 10.2. The summed E-state index contributed by atoms with van der Waals surface area (Å²) in [5.41, 5.74) is 3.60. The summed E-state index contributed by atoms with van der Waals surface area (Å²) in [6.07, 6.45) is 0. The first-order valence-corrected chi connectivity index (χ1v) is 9.67. The predicted octanol–water partition coefficient (Wildman–Crippen LogP) is 4.25. The molecule has 0 atom stereocenters. The molecule has 1 aliphatic rings. The van der Waals surface area contributed by atoms with Crippen molar-refractivity contribution in [2.75, 3.05) is 16.4 Å². The molecule has 3 rings (SSSR count). The summed E-state index contributed by atoms with van der Waals surface area (Å²) in [7, 11) is 0. The fraction of sp³-hybridized carbons (Fsp3) is 0.167. The Morgan fingerprint density at radius 2 is 1.76 bits per heavy atom. The molecule has 0 saturated carbocycles. The molecule has 0 unspecified atom stereocenters. The second-order valence-corrected chi connectivity index (χ2v) is 7.58. The fourth-order valence-corrected chi connectivity index (χ4v) is 4.11. The van der Waals surface area contributed by atoms with Crippen LogP contribution in [0.1, 0.15) is 12.5 Å². The van der Waals surface area contributed by atoms with Crippen LogP contribution in [-0.4, -0.2) is 21.9 Å². The Morgan fingerprint density at radius 1 is 1.08 bits per heavy atom. The third-order valence-corrected chi connectivity index (χ3v) is 5.62. The summed E-state index contributed by atoms with van der Waals surface area (Å²) >= 11 is 3.10. The number of benzene rings is 2. The first-order chi connectivity index (χ1) is 12.1. The van der Waals surface area contributed by atoms with Crippen molar-refractivity contribution in [3.8, 4) is 0 Å². The predicted molar refractivity (Wildman–Crippen MR) is 107 cm³/mol. The number of anilines is 2. The van der Waals surface area contributed by atoms with Gasteiger partial charge >= 0.3 is 0 Å². The molecule has 0 aliphatic carbocycles. The number of hydrogen-bond acceptors (Lipinski definition) is 5. The minimum atomic E-state index is -0.125. The molecule has 2 aromatic carbocycles. The summed E-state index contributed by atoms with van der Waals surface area (Å²) < 4.78 is 0.912. The molecule has 1 aliphatic heterocycles. The van der Waals surface area contributed by atoms with Crippen LogP contribution in [0.4, 0.5) is 17.1 Å². The first-order valence-electron chi connectivity index (χ1n) is 7.70. The number of hydrogen-bond donors (Lipinski definition) is 2. The number of aliphatic imine (C=N–C) groups is 1. The van der Waals surface area contributed by atoms with Crippen molar-refractivity contribution in [1.82, 2.24) is 0 Å². The number of nitrogens with zero attached hydrogens (tertiary/aromatic N) is 1. The van der Waals surface area contributed by atoms with Gasteiger partial charge in [-0.3, -0.25) is 9.59 Å². The Hall–Kier alpha value is -2.25. The summed E-state index contributed by atoms with van der Waals surface area (Å²) in [5, 5.41) is 5.53. The molecule has 5 nitrogen and oxygen atoms in total. The standard InChI is InChI=1S/C18H17N3O2S2/c1-12(22)19-14-6-8-15(9-7-14)20-17(23)11-25-18-21-16-5-3-2-4-13(16)10-24-18/h2-9H,10-11H2,1H3,(H,19,22)(H,20,23). The third kappa shape index (κ3) is 5.11. The molecule has 2 amide bonds. The number of amides is 2. The lowest BCUT2D eigenvalue weighted by Gasteiger charge is -2.14. The average molecular weight is 371 g/mol. The maximum absolute atomic E-state index is 12.1. The van der Waals surface area contributed by atoms with E-state index in [1.54, 1.807) is 36.0 Å². The highest BCUT2D eigenvalue weighted by Gasteiger charge is 2.14. The Kier molecular flexibility index (Phi) is 5.78. The van der Waals surface area contributed by atoms with Crippen LogP contribution < -0.4 is 10.6 Å². The monoisotopic (exact) mass is 371 g/mol. The van der Waals surface area contributed by atoms with E-state index in [9.17, 15) is 9.59 Å². The minimum Gasteiger partial charge on any atom is -0.326 e. The maximum atomic E-state index is 12.1. The number of para-hydroxylation sites is 1. The Bertz CT molecular complexity index is 819. The average Bonchev–Trinajstić information content (AvgIpc) is 2.61. The largest absolute Gasteiger partial charge is 0.326 e. The molecule has 7 heteroatoms. The molecule has 2 aromatic rings. The van der Waals surface area contributed by atoms with E-state index < -0.39 is 0 Å². The van der Waals surface area contributed by atoms with Gasteiger partial charge in [-0.25, -0.2) is 4.99 Å². The van der Waals surface area contributed by atoms with Gasteiger partial charge in [-0.2, -0.15) is 0 Å². The molecule has 1 heterocycles. The van der Waals surface area contributed by atoms with E-state index in [1.807, 2.05) is 18.2 Å². The van der Waals surface area contributed by atoms with Gasteiger partial charge < -0.3 is 10.6 Å². The summed E-state index contributed by atoms with van der Waals surface area (Å²) in [5.74, 6) is 0.982. The van der Waals surface area contributed by atoms with E-state index >= 15 is 0 Å². The molecule has 0 aromatic heterocycles. The molecule has 0 saturated heterocycles. The van der Waals surface area contributed by atoms with Crippen molar-refractivity contribution in [2.45, 2.75) is 12.7 Å². The number of thioether (sulfide) groups is 2. The summed E-state index contributed by atoms with van der Waals surface area (Å²) in [6.45, 7) is 1.46. The topological polar surface area (TPSA) is 70.6 Å². The SMILES string of the molecule is CC(=O)Nc1ccc(NC(=O)CSC2=Nc3ccccc3CS2)cc1. The molecule has 0 bridgehead atoms. The zero-order chi connectivity index (χ0) is 17.6. The zero-order valence-corrected chi connectivity index (χ0v) is 15.2. The van der Waals surface area contributed by atoms with Crippen LogP contribution in [0.3, 0.4) is 0 Å². The van der Waals surface area contributed by atoms with E-state index in [1.165, 1.54) is 24.2 Å². The third-order valence-electron chi connectivity index (χ3n) is 3.37. The van der Waals surface area contributed by atoms with E-state index in [4.69, 9.17) is 0 Å². The van der Waals surface area contributed by atoms with Gasteiger partial charge in [-0.05, 0) is 35.9 Å². The molecular weight excluding hydrogens is 354 g/mol. The van der Waals surface area contributed by atoms with Crippen LogP contribution >= 0.6 is 23.5 Å². The number of nitrogens with one attached hydrogen (secondary N) is 2. The van der Waals surface area contributed by atoms with Crippen molar-refractivity contribution in [2.24, 2.45) is 4.99 Å². The van der Waals surface area contributed by atoms with Gasteiger partial charge in [0.15, 0.2) is 0 Å². The van der Waals surface area contributed by atoms with Gasteiger partial charge in [0, 0.05) is 24.1 Å². The van der Waals surface area contributed by atoms with Gasteiger partial charge in [0.05, 0.1) is 11.4 Å². The van der Waals surface area contributed by atoms with Gasteiger partial charge in [0.25, 0.3) is 0 Å². The van der Waals surface area contributed by atoms with Crippen LogP contribution in [0, 0.1) is 0 Å². The van der Waals surface area contributed by atoms with E-state index in [0.717, 1.165) is 15.8 Å². The highest BCUT2D eigenvalue weighted by atomic mass is 32.2. The van der Waals surface area contributed by atoms with Crippen LogP contribution in [0.5, 0.6) is 0 Å². The fourth-order valence-electron chi connectivity index (χ4n) is 2.25. The maximum Gasteiger partial charge on any atom is 0.234 e. The van der Waals surface area contributed by atoms with Crippen LogP contribution in [0.25, 0.3) is 0 Å². The van der Waals surface area contributed by atoms with E-state index in [-0.39, 0.29) is 11.8 Å². The Balaban J connectivity index is 1.52. The summed E-state index contributed by atoms with van der Waals surface area (Å²) in [4.78, 5) is 27.7. The van der Waals surface area contributed by atoms with Gasteiger partial charge in [0.2, 0.25) is 11.8 Å². The zero-order valence-electron chi connectivity index (χ0n) is 13.6. The second kappa shape index (κ2) is 8.22. The number of fused-ring (bicyclic) bond motifs is 1. The van der Waals surface area contributed by atoms with Crippen LogP contribution in [-0.2, 0) is 15.3 Å². The molecule has 0 fully saturated rings. The Morgan fingerprint density at radius 3 is 2.48 bits per heavy atom. The highest BCUT2D eigenvalue weighted by molar-refractivity contribution is 8.38. The molecule has 2 N–H and O–H groups in total. The first kappa shape index (κ1) is 17.6. The Labute approximate surface area is 154 Å². The van der Waals surface area contributed by atoms with Crippen molar-refractivity contribution >= 4 is 56.8 Å². The van der Waals surface area contributed by atoms with E-state index in [0.29, 0.717) is 17.1 Å². The molecule has 128 valence electrons. The quantitative estimate of drug-likeness (QED) is 0.843. The number of carbonyl (C=O) groups excluding carboxylic acids is 2. The molecule has 0 spiro atoms. The highest BCUT2D eigenvalue weighted by Crippen LogP contribution is 2.34. The second-order valence-electron chi connectivity index (χ2n) is 5.39. The van der Waals surface area contributed by atoms with Crippen molar-refractivity contribution in [3.05, 3.63) is 54.1 Å². The van der Waals surface area contributed by atoms with Crippen molar-refractivity contribution in [3.63, 3.8) is 0 Å². The number of rotatable bonds is 4. The van der Waals surface area contributed by atoms with Crippen molar-refractivity contribution < 1.29 is 9.59 Å². The van der Waals surface area contributed by atoms with Crippen molar-refractivity contribution in [1.29, 1.82) is 0 Å².